The minimum atomic E-state index is -0.499. The predicted octanol–water partition coefficient (Wildman–Crippen LogP) is 1.65. The van der Waals surface area contributed by atoms with Crippen LogP contribution in [0.1, 0.15) is 37.3 Å². The standard InChI is InChI=1S/C19H23FN4O2/c1-9-6-13(20)17(23-7-10-2-5-14(21)12(10)8-23)15-16(9)24(11-3-4-11)19(26)22-18(15)25/h6,10-12,14H,2-5,7-8,21H2,1H3,(H,22,25,26)/t10-,12?,14?/m0/s1. The highest BCUT2D eigenvalue weighted by molar-refractivity contribution is 5.94. The Labute approximate surface area is 149 Å². The average molecular weight is 358 g/mol. The summed E-state index contributed by atoms with van der Waals surface area (Å²) < 4.78 is 16.7. The molecule has 2 saturated carbocycles. The van der Waals surface area contributed by atoms with E-state index in [-0.39, 0.29) is 12.1 Å². The first-order valence-electron chi connectivity index (χ1n) is 9.44. The maximum atomic E-state index is 15.0. The maximum Gasteiger partial charge on any atom is 0.329 e. The molecule has 2 unspecified atom stereocenters. The van der Waals surface area contributed by atoms with Crippen LogP contribution in [-0.4, -0.2) is 28.7 Å². The molecule has 3 N–H and O–H groups in total. The second kappa shape index (κ2) is 5.42. The molecule has 0 bridgehead atoms. The molecule has 2 aliphatic carbocycles. The Morgan fingerprint density at radius 3 is 2.65 bits per heavy atom. The summed E-state index contributed by atoms with van der Waals surface area (Å²) in [6.45, 7) is 3.15. The van der Waals surface area contributed by atoms with Crippen molar-refractivity contribution in [3.05, 3.63) is 38.3 Å². The molecule has 1 aromatic heterocycles. The first kappa shape index (κ1) is 16.1. The van der Waals surface area contributed by atoms with E-state index >= 15 is 4.39 Å². The first-order chi connectivity index (χ1) is 12.5. The monoisotopic (exact) mass is 358 g/mol. The van der Waals surface area contributed by atoms with E-state index in [1.807, 2.05) is 4.90 Å². The van der Waals surface area contributed by atoms with Crippen LogP contribution in [-0.2, 0) is 0 Å². The van der Waals surface area contributed by atoms with Crippen molar-refractivity contribution in [2.75, 3.05) is 18.0 Å². The van der Waals surface area contributed by atoms with Gasteiger partial charge in [0.15, 0.2) is 0 Å². The van der Waals surface area contributed by atoms with E-state index in [2.05, 4.69) is 4.98 Å². The van der Waals surface area contributed by atoms with Crippen molar-refractivity contribution >= 4 is 16.6 Å². The number of fused-ring (bicyclic) bond motifs is 2. The highest BCUT2D eigenvalue weighted by Crippen LogP contribution is 2.42. The molecule has 1 aliphatic heterocycles. The molecule has 2 heterocycles. The van der Waals surface area contributed by atoms with E-state index in [1.165, 1.54) is 6.07 Å². The molecular weight excluding hydrogens is 335 g/mol. The normalized spacial score (nSPS) is 28.1. The SMILES string of the molecule is Cc1cc(F)c(N2CC3C(N)CC[C@H]3C2)c2c(=O)[nH]c(=O)n(C3CC3)c12. The minimum absolute atomic E-state index is 0.102. The van der Waals surface area contributed by atoms with Crippen LogP contribution in [0.3, 0.4) is 0 Å². The molecule has 7 heteroatoms. The number of nitrogens with one attached hydrogen (secondary N) is 1. The lowest BCUT2D eigenvalue weighted by Crippen LogP contribution is -2.34. The van der Waals surface area contributed by atoms with Crippen LogP contribution in [0.15, 0.2) is 15.7 Å². The highest BCUT2D eigenvalue weighted by atomic mass is 19.1. The van der Waals surface area contributed by atoms with E-state index in [9.17, 15) is 9.59 Å². The van der Waals surface area contributed by atoms with Gasteiger partial charge >= 0.3 is 5.69 Å². The fourth-order valence-corrected chi connectivity index (χ4v) is 5.08. The lowest BCUT2D eigenvalue weighted by Gasteiger charge is -2.24. The van der Waals surface area contributed by atoms with Gasteiger partial charge in [-0.2, -0.15) is 0 Å². The van der Waals surface area contributed by atoms with E-state index in [0.717, 1.165) is 32.2 Å². The van der Waals surface area contributed by atoms with Gasteiger partial charge in [-0.25, -0.2) is 9.18 Å². The number of anilines is 1. The summed E-state index contributed by atoms with van der Waals surface area (Å²) >= 11 is 0. The van der Waals surface area contributed by atoms with Crippen molar-refractivity contribution < 1.29 is 4.39 Å². The van der Waals surface area contributed by atoms with Crippen molar-refractivity contribution in [1.29, 1.82) is 0 Å². The number of nitrogens with two attached hydrogens (primary N) is 1. The van der Waals surface area contributed by atoms with Gasteiger partial charge in [0.25, 0.3) is 5.56 Å². The van der Waals surface area contributed by atoms with Gasteiger partial charge in [-0.3, -0.25) is 14.3 Å². The van der Waals surface area contributed by atoms with Gasteiger partial charge in [0, 0.05) is 25.2 Å². The fourth-order valence-electron chi connectivity index (χ4n) is 5.08. The Balaban J connectivity index is 1.75. The summed E-state index contributed by atoms with van der Waals surface area (Å²) in [5.74, 6) is 0.406. The van der Waals surface area contributed by atoms with Crippen LogP contribution >= 0.6 is 0 Å². The molecule has 0 spiro atoms. The largest absolute Gasteiger partial charge is 0.368 e. The first-order valence-corrected chi connectivity index (χ1v) is 9.44. The summed E-state index contributed by atoms with van der Waals surface area (Å²) in [5.41, 5.74) is 6.88. The molecular formula is C19H23FN4O2. The number of rotatable bonds is 2. The van der Waals surface area contributed by atoms with Crippen molar-refractivity contribution in [1.82, 2.24) is 9.55 Å². The second-order valence-electron chi connectivity index (χ2n) is 8.18. The molecule has 1 aromatic carbocycles. The Morgan fingerprint density at radius 2 is 1.96 bits per heavy atom. The van der Waals surface area contributed by atoms with Gasteiger partial charge in [-0.1, -0.05) is 0 Å². The van der Waals surface area contributed by atoms with E-state index in [1.54, 1.807) is 11.5 Å². The predicted molar refractivity (Wildman–Crippen MR) is 98.2 cm³/mol. The van der Waals surface area contributed by atoms with Crippen LogP contribution in [0.2, 0.25) is 0 Å². The average Bonchev–Trinajstić information content (AvgIpc) is 3.23. The number of H-pyrrole nitrogens is 1. The number of halogens is 1. The van der Waals surface area contributed by atoms with Crippen molar-refractivity contribution in [3.63, 3.8) is 0 Å². The summed E-state index contributed by atoms with van der Waals surface area (Å²) in [5, 5.41) is 0.308. The molecule has 0 amide bonds. The molecule has 2 aromatic rings. The van der Waals surface area contributed by atoms with E-state index < -0.39 is 17.1 Å². The lowest BCUT2D eigenvalue weighted by atomic mass is 9.98. The third-order valence-corrected chi connectivity index (χ3v) is 6.46. The fraction of sp³-hybridized carbons (Fsp3) is 0.579. The topological polar surface area (TPSA) is 84.1 Å². The van der Waals surface area contributed by atoms with Crippen molar-refractivity contribution in [2.24, 2.45) is 17.6 Å². The Kier molecular flexibility index (Phi) is 3.35. The van der Waals surface area contributed by atoms with Crippen LogP contribution in [0.4, 0.5) is 10.1 Å². The molecule has 1 saturated heterocycles. The molecule has 3 aliphatic rings. The van der Waals surface area contributed by atoms with Crippen LogP contribution in [0.25, 0.3) is 10.9 Å². The van der Waals surface area contributed by atoms with Gasteiger partial charge < -0.3 is 10.6 Å². The molecule has 5 rings (SSSR count). The van der Waals surface area contributed by atoms with E-state index in [4.69, 9.17) is 5.73 Å². The van der Waals surface area contributed by atoms with Gasteiger partial charge in [-0.05, 0) is 56.1 Å². The lowest BCUT2D eigenvalue weighted by molar-refractivity contribution is 0.453. The molecule has 6 nitrogen and oxygen atoms in total. The number of hydrogen-bond donors (Lipinski definition) is 2. The molecule has 0 radical (unpaired) electrons. The Hall–Kier alpha value is -2.15. The van der Waals surface area contributed by atoms with Crippen LogP contribution in [0, 0.1) is 24.6 Å². The zero-order chi connectivity index (χ0) is 18.2. The van der Waals surface area contributed by atoms with Crippen molar-refractivity contribution in [2.45, 2.75) is 44.7 Å². The van der Waals surface area contributed by atoms with E-state index in [0.29, 0.717) is 40.5 Å². The molecule has 3 atom stereocenters. The Bertz CT molecular complexity index is 1020. The zero-order valence-electron chi connectivity index (χ0n) is 14.8. The summed E-state index contributed by atoms with van der Waals surface area (Å²) in [6, 6.07) is 1.71. The minimum Gasteiger partial charge on any atom is -0.368 e. The number of hydrogen-bond acceptors (Lipinski definition) is 4. The summed E-state index contributed by atoms with van der Waals surface area (Å²) in [4.78, 5) is 29.5. The van der Waals surface area contributed by atoms with Crippen LogP contribution in [0.5, 0.6) is 0 Å². The van der Waals surface area contributed by atoms with Gasteiger partial charge in [0.05, 0.1) is 16.6 Å². The molecule has 3 fully saturated rings. The summed E-state index contributed by atoms with van der Waals surface area (Å²) in [6.07, 6.45) is 3.89. The van der Waals surface area contributed by atoms with Gasteiger partial charge in [0.1, 0.15) is 5.82 Å². The smallest absolute Gasteiger partial charge is 0.329 e. The zero-order valence-corrected chi connectivity index (χ0v) is 14.8. The summed E-state index contributed by atoms with van der Waals surface area (Å²) in [7, 11) is 0. The number of aromatic nitrogens is 2. The second-order valence-corrected chi connectivity index (χ2v) is 8.18. The van der Waals surface area contributed by atoms with Gasteiger partial charge in [-0.15, -0.1) is 0 Å². The number of aromatic amines is 1. The quantitative estimate of drug-likeness (QED) is 0.855. The maximum absolute atomic E-state index is 15.0. The third-order valence-electron chi connectivity index (χ3n) is 6.46. The van der Waals surface area contributed by atoms with Crippen molar-refractivity contribution in [3.8, 4) is 0 Å². The highest BCUT2D eigenvalue weighted by Gasteiger charge is 2.42. The van der Waals surface area contributed by atoms with Crippen LogP contribution < -0.4 is 21.9 Å². The Morgan fingerprint density at radius 1 is 1.19 bits per heavy atom. The molecule has 26 heavy (non-hydrogen) atoms. The number of benzene rings is 1. The number of aryl methyl sites for hydroxylation is 1. The molecule has 138 valence electrons. The third kappa shape index (κ3) is 2.19. The van der Waals surface area contributed by atoms with Gasteiger partial charge in [0.2, 0.25) is 0 Å². The number of nitrogens with zero attached hydrogens (tertiary/aromatic N) is 2.